The van der Waals surface area contributed by atoms with E-state index < -0.39 is 0 Å². The van der Waals surface area contributed by atoms with Crippen molar-refractivity contribution in [3.05, 3.63) is 0 Å². The molecule has 17 heavy (non-hydrogen) atoms. The zero-order valence-corrected chi connectivity index (χ0v) is 11.0. The molecule has 3 aliphatic rings. The lowest BCUT2D eigenvalue weighted by Gasteiger charge is -2.36. The fourth-order valence-electron chi connectivity index (χ4n) is 3.65. The maximum Gasteiger partial charge on any atom is 0.191 e. The van der Waals surface area contributed by atoms with E-state index in [-0.39, 0.29) is 5.54 Å². The van der Waals surface area contributed by atoms with E-state index in [9.17, 15) is 0 Å². The molecule has 4 heteroatoms. The number of hydrogen-bond donors (Lipinski definition) is 1. The molecule has 0 radical (unpaired) electrons. The van der Waals surface area contributed by atoms with E-state index in [4.69, 9.17) is 5.73 Å². The molecular formula is C13H24N4. The monoisotopic (exact) mass is 236 g/mol. The topological polar surface area (TPSA) is 44.9 Å². The SMILES string of the molecule is CCCN1C(N)=NCC12CC(C)N(C1CC1)C2. The molecule has 0 aromatic carbocycles. The van der Waals surface area contributed by atoms with Crippen molar-refractivity contribution < 1.29 is 0 Å². The van der Waals surface area contributed by atoms with E-state index in [0.29, 0.717) is 6.04 Å². The zero-order valence-electron chi connectivity index (χ0n) is 11.0. The quantitative estimate of drug-likeness (QED) is 0.796. The average molecular weight is 236 g/mol. The Morgan fingerprint density at radius 2 is 2.24 bits per heavy atom. The summed E-state index contributed by atoms with van der Waals surface area (Å²) in [5.74, 6) is 0.775. The molecular weight excluding hydrogens is 212 g/mol. The van der Waals surface area contributed by atoms with Crippen LogP contribution in [0.2, 0.25) is 0 Å². The van der Waals surface area contributed by atoms with Crippen molar-refractivity contribution in [1.29, 1.82) is 0 Å². The summed E-state index contributed by atoms with van der Waals surface area (Å²) in [4.78, 5) is 9.59. The van der Waals surface area contributed by atoms with Crippen molar-refractivity contribution in [1.82, 2.24) is 9.80 Å². The van der Waals surface area contributed by atoms with Gasteiger partial charge in [0.25, 0.3) is 0 Å². The van der Waals surface area contributed by atoms with Gasteiger partial charge in [0, 0.05) is 25.2 Å². The number of likely N-dealkylation sites (tertiary alicyclic amines) is 1. The van der Waals surface area contributed by atoms with Crippen LogP contribution >= 0.6 is 0 Å². The van der Waals surface area contributed by atoms with Crippen LogP contribution in [0.3, 0.4) is 0 Å². The number of aliphatic imine (C=N–C) groups is 1. The highest BCUT2D eigenvalue weighted by Gasteiger charge is 2.52. The van der Waals surface area contributed by atoms with Crippen LogP contribution in [-0.2, 0) is 0 Å². The zero-order chi connectivity index (χ0) is 12.0. The third-order valence-corrected chi connectivity index (χ3v) is 4.57. The highest BCUT2D eigenvalue weighted by atomic mass is 15.4. The molecule has 2 unspecified atom stereocenters. The highest BCUT2D eigenvalue weighted by molar-refractivity contribution is 5.81. The minimum absolute atomic E-state index is 0.224. The van der Waals surface area contributed by atoms with Crippen LogP contribution in [0.4, 0.5) is 0 Å². The standard InChI is InChI=1S/C13H24N4/c1-3-6-17-12(14)15-8-13(17)7-10(2)16(9-13)11-4-5-11/h10-11H,3-9H2,1-2H3,(H2,14,15). The van der Waals surface area contributed by atoms with Crippen molar-refractivity contribution in [3.63, 3.8) is 0 Å². The lowest BCUT2D eigenvalue weighted by atomic mass is 9.95. The fraction of sp³-hybridized carbons (Fsp3) is 0.923. The van der Waals surface area contributed by atoms with Gasteiger partial charge in [-0.1, -0.05) is 6.92 Å². The Bertz CT molecular complexity index is 336. The second-order valence-electron chi connectivity index (χ2n) is 6.01. The van der Waals surface area contributed by atoms with Crippen molar-refractivity contribution in [2.24, 2.45) is 10.7 Å². The van der Waals surface area contributed by atoms with E-state index >= 15 is 0 Å². The van der Waals surface area contributed by atoms with Gasteiger partial charge >= 0.3 is 0 Å². The smallest absolute Gasteiger partial charge is 0.191 e. The number of guanidine groups is 1. The van der Waals surface area contributed by atoms with Gasteiger partial charge in [-0.15, -0.1) is 0 Å². The van der Waals surface area contributed by atoms with E-state index in [1.54, 1.807) is 0 Å². The summed E-state index contributed by atoms with van der Waals surface area (Å²) in [6.45, 7) is 7.72. The summed E-state index contributed by atoms with van der Waals surface area (Å²) >= 11 is 0. The summed E-state index contributed by atoms with van der Waals surface area (Å²) in [6.07, 6.45) is 5.17. The molecule has 2 fully saturated rings. The Morgan fingerprint density at radius 1 is 1.47 bits per heavy atom. The van der Waals surface area contributed by atoms with Crippen LogP contribution in [0.1, 0.15) is 39.5 Å². The van der Waals surface area contributed by atoms with Crippen LogP contribution in [0.15, 0.2) is 4.99 Å². The predicted molar refractivity (Wildman–Crippen MR) is 70.0 cm³/mol. The van der Waals surface area contributed by atoms with Gasteiger partial charge in [0.15, 0.2) is 5.96 Å². The van der Waals surface area contributed by atoms with E-state index in [1.165, 1.54) is 25.8 Å². The number of rotatable bonds is 3. The van der Waals surface area contributed by atoms with Gasteiger partial charge in [-0.2, -0.15) is 0 Å². The first-order chi connectivity index (χ1) is 8.16. The van der Waals surface area contributed by atoms with Gasteiger partial charge in [0.05, 0.1) is 12.1 Å². The molecule has 1 saturated heterocycles. The summed E-state index contributed by atoms with van der Waals surface area (Å²) < 4.78 is 0. The van der Waals surface area contributed by atoms with Gasteiger partial charge < -0.3 is 10.6 Å². The molecule has 4 nitrogen and oxygen atoms in total. The van der Waals surface area contributed by atoms with E-state index in [2.05, 4.69) is 28.6 Å². The largest absolute Gasteiger partial charge is 0.370 e. The van der Waals surface area contributed by atoms with Crippen LogP contribution < -0.4 is 5.73 Å². The van der Waals surface area contributed by atoms with Crippen molar-refractivity contribution in [2.75, 3.05) is 19.6 Å². The normalized spacial score (nSPS) is 38.1. The minimum atomic E-state index is 0.224. The Labute approximate surface area is 104 Å². The number of nitrogens with two attached hydrogens (primary N) is 1. The van der Waals surface area contributed by atoms with E-state index in [0.717, 1.165) is 31.5 Å². The maximum absolute atomic E-state index is 6.06. The van der Waals surface area contributed by atoms with Crippen molar-refractivity contribution in [3.8, 4) is 0 Å². The van der Waals surface area contributed by atoms with Crippen LogP contribution in [0.5, 0.6) is 0 Å². The molecule has 1 saturated carbocycles. The molecule has 2 N–H and O–H groups in total. The maximum atomic E-state index is 6.06. The van der Waals surface area contributed by atoms with Crippen LogP contribution in [0.25, 0.3) is 0 Å². The second kappa shape index (κ2) is 3.87. The van der Waals surface area contributed by atoms with Crippen LogP contribution in [0, 0.1) is 0 Å². The summed E-state index contributed by atoms with van der Waals surface area (Å²) in [5, 5.41) is 0. The Hall–Kier alpha value is -0.770. The molecule has 0 aromatic rings. The van der Waals surface area contributed by atoms with Gasteiger partial charge in [0.2, 0.25) is 0 Å². The third kappa shape index (κ3) is 1.73. The number of hydrogen-bond acceptors (Lipinski definition) is 4. The summed E-state index contributed by atoms with van der Waals surface area (Å²) in [7, 11) is 0. The van der Waals surface area contributed by atoms with Crippen LogP contribution in [-0.4, -0.2) is 53.0 Å². The summed E-state index contributed by atoms with van der Waals surface area (Å²) in [5.41, 5.74) is 6.28. The highest BCUT2D eigenvalue weighted by Crippen LogP contribution is 2.41. The van der Waals surface area contributed by atoms with E-state index in [1.807, 2.05) is 0 Å². The van der Waals surface area contributed by atoms with Gasteiger partial charge in [0.1, 0.15) is 0 Å². The van der Waals surface area contributed by atoms with Gasteiger partial charge in [-0.05, 0) is 32.6 Å². The van der Waals surface area contributed by atoms with Gasteiger partial charge in [-0.3, -0.25) is 9.89 Å². The molecule has 3 rings (SSSR count). The Kier molecular flexibility index (Phi) is 2.58. The van der Waals surface area contributed by atoms with Gasteiger partial charge in [-0.25, -0.2) is 0 Å². The molecule has 96 valence electrons. The molecule has 2 aliphatic heterocycles. The first kappa shape index (κ1) is 11.3. The molecule has 0 bridgehead atoms. The fourth-order valence-corrected chi connectivity index (χ4v) is 3.65. The number of nitrogens with zero attached hydrogens (tertiary/aromatic N) is 3. The Balaban J connectivity index is 1.78. The lowest BCUT2D eigenvalue weighted by Crippen LogP contribution is -2.53. The lowest BCUT2D eigenvalue weighted by molar-refractivity contribution is 0.189. The minimum Gasteiger partial charge on any atom is -0.370 e. The molecule has 1 spiro atoms. The molecule has 2 atom stereocenters. The average Bonchev–Trinajstić information content (AvgIpc) is 3.03. The molecule has 1 aliphatic carbocycles. The molecule has 2 heterocycles. The first-order valence-corrected chi connectivity index (χ1v) is 6.99. The predicted octanol–water partition coefficient (Wildman–Crippen LogP) is 1.02. The van der Waals surface area contributed by atoms with Crippen molar-refractivity contribution in [2.45, 2.75) is 57.2 Å². The molecule has 0 aromatic heterocycles. The Morgan fingerprint density at radius 3 is 2.88 bits per heavy atom. The molecule has 0 amide bonds. The first-order valence-electron chi connectivity index (χ1n) is 6.99. The summed E-state index contributed by atoms with van der Waals surface area (Å²) in [6, 6.07) is 1.55. The van der Waals surface area contributed by atoms with Crippen molar-refractivity contribution >= 4 is 5.96 Å². The third-order valence-electron chi connectivity index (χ3n) is 4.57. The second-order valence-corrected chi connectivity index (χ2v) is 6.01.